The molecule has 0 aliphatic carbocycles. The van der Waals surface area contributed by atoms with Crippen molar-refractivity contribution in [3.8, 4) is 6.07 Å². The molecule has 7 nitrogen and oxygen atoms in total. The van der Waals surface area contributed by atoms with Gasteiger partial charge in [0.15, 0.2) is 5.65 Å². The van der Waals surface area contributed by atoms with E-state index in [1.54, 1.807) is 23.0 Å². The molecule has 0 radical (unpaired) electrons. The summed E-state index contributed by atoms with van der Waals surface area (Å²) in [5, 5.41) is 8.89. The van der Waals surface area contributed by atoms with Gasteiger partial charge in [-0.15, -0.1) is 0 Å². The summed E-state index contributed by atoms with van der Waals surface area (Å²) in [4.78, 5) is 23.9. The summed E-state index contributed by atoms with van der Waals surface area (Å²) < 4.78 is 3.62. The lowest BCUT2D eigenvalue weighted by Crippen LogP contribution is -2.37. The van der Waals surface area contributed by atoms with Gasteiger partial charge in [-0.2, -0.15) is 5.26 Å². The van der Waals surface area contributed by atoms with Crippen LogP contribution in [0.5, 0.6) is 0 Å². The Morgan fingerprint density at radius 2 is 2.00 bits per heavy atom. The standard InChI is InChI=1S/C20H22N6O/c1-2-25-17-4-3-9-22-19(17)26(20(25)27)14-15-7-10-24(11-8-15)18-6-5-16(12-21)13-23-18/h3-6,9,13,15H,2,7-8,10-11,14H2,1H3. The molecule has 0 spiro atoms. The molecule has 0 atom stereocenters. The van der Waals surface area contributed by atoms with Crippen LogP contribution < -0.4 is 10.6 Å². The second-order valence-corrected chi connectivity index (χ2v) is 6.93. The number of imidazole rings is 1. The molecular formula is C20H22N6O. The summed E-state index contributed by atoms with van der Waals surface area (Å²) in [7, 11) is 0. The monoisotopic (exact) mass is 362 g/mol. The van der Waals surface area contributed by atoms with E-state index in [1.807, 2.05) is 29.7 Å². The van der Waals surface area contributed by atoms with Gasteiger partial charge in [-0.05, 0) is 49.9 Å². The van der Waals surface area contributed by atoms with Gasteiger partial charge in [-0.3, -0.25) is 9.13 Å². The minimum atomic E-state index is 0.0300. The van der Waals surface area contributed by atoms with Gasteiger partial charge in [-0.25, -0.2) is 14.8 Å². The average molecular weight is 362 g/mol. The molecule has 0 amide bonds. The van der Waals surface area contributed by atoms with Crippen LogP contribution in [0.3, 0.4) is 0 Å². The molecule has 27 heavy (non-hydrogen) atoms. The minimum Gasteiger partial charge on any atom is -0.357 e. The largest absolute Gasteiger partial charge is 0.357 e. The first-order valence-corrected chi connectivity index (χ1v) is 9.36. The number of rotatable bonds is 4. The molecule has 0 bridgehead atoms. The molecule has 1 aliphatic heterocycles. The zero-order valence-electron chi connectivity index (χ0n) is 15.4. The van der Waals surface area contributed by atoms with Crippen LogP contribution in [0.1, 0.15) is 25.3 Å². The number of pyridine rings is 2. The van der Waals surface area contributed by atoms with E-state index in [0.29, 0.717) is 24.6 Å². The van der Waals surface area contributed by atoms with E-state index in [0.717, 1.165) is 42.9 Å². The van der Waals surface area contributed by atoms with Crippen molar-refractivity contribution < 1.29 is 0 Å². The van der Waals surface area contributed by atoms with Crippen molar-refractivity contribution in [2.45, 2.75) is 32.9 Å². The number of nitriles is 1. The Hall–Kier alpha value is -3.14. The SMILES string of the molecule is CCn1c(=O)n(CC2CCN(c3ccc(C#N)cn3)CC2)c2ncccc21. The number of hydrogen-bond donors (Lipinski definition) is 0. The highest BCUT2D eigenvalue weighted by molar-refractivity contribution is 5.71. The number of hydrogen-bond acceptors (Lipinski definition) is 5. The molecule has 4 rings (SSSR count). The Labute approximate surface area is 157 Å². The van der Waals surface area contributed by atoms with Crippen molar-refractivity contribution in [2.24, 2.45) is 5.92 Å². The van der Waals surface area contributed by atoms with Crippen LogP contribution in [0.2, 0.25) is 0 Å². The lowest BCUT2D eigenvalue weighted by Gasteiger charge is -2.32. The third-order valence-corrected chi connectivity index (χ3v) is 5.35. The van der Waals surface area contributed by atoms with Crippen molar-refractivity contribution in [3.05, 3.63) is 52.7 Å². The predicted octanol–water partition coefficient (Wildman–Crippen LogP) is 2.40. The number of fused-ring (bicyclic) bond motifs is 1. The van der Waals surface area contributed by atoms with Crippen molar-refractivity contribution >= 4 is 17.0 Å². The fourth-order valence-corrected chi connectivity index (χ4v) is 3.86. The van der Waals surface area contributed by atoms with Gasteiger partial charge in [0.2, 0.25) is 0 Å². The third-order valence-electron chi connectivity index (χ3n) is 5.35. The molecule has 7 heteroatoms. The van der Waals surface area contributed by atoms with Gasteiger partial charge in [0.25, 0.3) is 0 Å². The van der Waals surface area contributed by atoms with E-state index in [-0.39, 0.29) is 5.69 Å². The molecular weight excluding hydrogens is 340 g/mol. The number of nitrogens with zero attached hydrogens (tertiary/aromatic N) is 6. The zero-order chi connectivity index (χ0) is 18.8. The number of anilines is 1. The summed E-state index contributed by atoms with van der Waals surface area (Å²) in [6, 6.07) is 9.64. The maximum atomic E-state index is 12.8. The Morgan fingerprint density at radius 3 is 2.67 bits per heavy atom. The highest BCUT2D eigenvalue weighted by Gasteiger charge is 2.23. The highest BCUT2D eigenvalue weighted by atomic mass is 16.1. The maximum Gasteiger partial charge on any atom is 0.330 e. The van der Waals surface area contributed by atoms with Crippen molar-refractivity contribution in [2.75, 3.05) is 18.0 Å². The molecule has 1 saturated heterocycles. The van der Waals surface area contributed by atoms with Gasteiger partial charge in [0, 0.05) is 38.6 Å². The van der Waals surface area contributed by atoms with E-state index in [4.69, 9.17) is 5.26 Å². The smallest absolute Gasteiger partial charge is 0.330 e. The van der Waals surface area contributed by atoms with Gasteiger partial charge >= 0.3 is 5.69 Å². The van der Waals surface area contributed by atoms with Crippen LogP contribution in [-0.2, 0) is 13.1 Å². The van der Waals surface area contributed by atoms with E-state index >= 15 is 0 Å². The van der Waals surface area contributed by atoms with Crippen molar-refractivity contribution in [1.29, 1.82) is 5.26 Å². The first-order valence-electron chi connectivity index (χ1n) is 9.36. The number of piperidine rings is 1. The van der Waals surface area contributed by atoms with Crippen LogP contribution in [-0.4, -0.2) is 32.2 Å². The third kappa shape index (κ3) is 3.19. The molecule has 1 aliphatic rings. The lowest BCUT2D eigenvalue weighted by molar-refractivity contribution is 0.353. The minimum absolute atomic E-state index is 0.0300. The topological polar surface area (TPSA) is 79.7 Å². The maximum absolute atomic E-state index is 12.8. The summed E-state index contributed by atoms with van der Waals surface area (Å²) in [5.74, 6) is 1.35. The predicted molar refractivity (Wildman–Crippen MR) is 104 cm³/mol. The molecule has 138 valence electrons. The number of aryl methyl sites for hydroxylation is 1. The average Bonchev–Trinajstić information content (AvgIpc) is 2.99. The molecule has 0 unspecified atom stereocenters. The number of aromatic nitrogens is 4. The summed E-state index contributed by atoms with van der Waals surface area (Å²) in [6.07, 6.45) is 5.36. The van der Waals surface area contributed by atoms with Crippen LogP contribution in [0.4, 0.5) is 5.82 Å². The Bertz CT molecular complexity index is 1040. The van der Waals surface area contributed by atoms with Crippen LogP contribution in [0.15, 0.2) is 41.5 Å². The molecule has 1 fully saturated rings. The highest BCUT2D eigenvalue weighted by Crippen LogP contribution is 2.24. The first kappa shape index (κ1) is 17.3. The van der Waals surface area contributed by atoms with Crippen LogP contribution >= 0.6 is 0 Å². The molecule has 3 aromatic heterocycles. The van der Waals surface area contributed by atoms with Crippen molar-refractivity contribution in [3.63, 3.8) is 0 Å². The van der Waals surface area contributed by atoms with E-state index in [2.05, 4.69) is 20.9 Å². The quantitative estimate of drug-likeness (QED) is 0.712. The van der Waals surface area contributed by atoms with Crippen molar-refractivity contribution in [1.82, 2.24) is 19.1 Å². The summed E-state index contributed by atoms with van der Waals surface area (Å²) in [5.41, 5.74) is 2.29. The fraction of sp³-hybridized carbons (Fsp3) is 0.400. The van der Waals surface area contributed by atoms with Gasteiger partial charge in [0.1, 0.15) is 11.9 Å². The lowest BCUT2D eigenvalue weighted by atomic mass is 9.96. The molecule has 0 aromatic carbocycles. The second kappa shape index (κ2) is 7.23. The van der Waals surface area contributed by atoms with E-state index < -0.39 is 0 Å². The van der Waals surface area contributed by atoms with E-state index in [9.17, 15) is 4.79 Å². The van der Waals surface area contributed by atoms with Crippen LogP contribution in [0.25, 0.3) is 11.2 Å². The van der Waals surface area contributed by atoms with E-state index in [1.165, 1.54) is 0 Å². The summed E-state index contributed by atoms with van der Waals surface area (Å²) >= 11 is 0. The molecule has 4 heterocycles. The van der Waals surface area contributed by atoms with Crippen LogP contribution in [0, 0.1) is 17.2 Å². The Kier molecular flexibility index (Phi) is 4.63. The molecule has 0 N–H and O–H groups in total. The summed E-state index contributed by atoms with van der Waals surface area (Å²) in [6.45, 7) is 5.14. The van der Waals surface area contributed by atoms with Gasteiger partial charge < -0.3 is 4.90 Å². The Balaban J connectivity index is 1.48. The fourth-order valence-electron chi connectivity index (χ4n) is 3.86. The normalized spacial score (nSPS) is 15.2. The van der Waals surface area contributed by atoms with Gasteiger partial charge in [0.05, 0.1) is 11.1 Å². The Morgan fingerprint density at radius 1 is 1.19 bits per heavy atom. The molecule has 0 saturated carbocycles. The van der Waals surface area contributed by atoms with Gasteiger partial charge in [-0.1, -0.05) is 0 Å². The first-order chi connectivity index (χ1) is 13.2. The molecule has 3 aromatic rings. The second-order valence-electron chi connectivity index (χ2n) is 6.93. The zero-order valence-corrected chi connectivity index (χ0v) is 15.4.